The second kappa shape index (κ2) is 12.3. The second-order valence-corrected chi connectivity index (χ2v) is 10.5. The van der Waals surface area contributed by atoms with Gasteiger partial charge in [-0.25, -0.2) is 4.79 Å². The van der Waals surface area contributed by atoms with Crippen LogP contribution in [0.25, 0.3) is 10.9 Å². The number of nitrogens with one attached hydrogen (secondary N) is 1. The molecule has 2 aliphatic rings. The lowest BCUT2D eigenvalue weighted by molar-refractivity contribution is -0.114. The Hall–Kier alpha value is -2.95. The van der Waals surface area contributed by atoms with Crippen molar-refractivity contribution in [2.75, 3.05) is 41.0 Å². The summed E-state index contributed by atoms with van der Waals surface area (Å²) in [6, 6.07) is 9.93. The van der Waals surface area contributed by atoms with Crippen molar-refractivity contribution < 1.29 is 23.8 Å². The van der Waals surface area contributed by atoms with Gasteiger partial charge >= 0.3 is 6.09 Å². The first kappa shape index (κ1) is 28.1. The summed E-state index contributed by atoms with van der Waals surface area (Å²) in [5.74, 6) is -0.310. The van der Waals surface area contributed by atoms with Crippen molar-refractivity contribution >= 4 is 22.9 Å². The molecule has 2 saturated heterocycles. The smallest absolute Gasteiger partial charge is 0.409 e. The number of hydrogen-bond donors (Lipinski definition) is 1. The van der Waals surface area contributed by atoms with Crippen LogP contribution in [0.4, 0.5) is 4.79 Å². The zero-order valence-corrected chi connectivity index (χ0v) is 23.0. The number of benzene rings is 1. The molecular formula is C28H40N4O6. The zero-order valence-electron chi connectivity index (χ0n) is 23.0. The normalized spacial score (nSPS) is 21.3. The number of rotatable bonds is 10. The summed E-state index contributed by atoms with van der Waals surface area (Å²) in [5.41, 5.74) is 0.760. The van der Waals surface area contributed by atoms with Gasteiger partial charge in [-0.1, -0.05) is 18.2 Å². The summed E-state index contributed by atoms with van der Waals surface area (Å²) >= 11 is 0. The minimum Gasteiger partial charge on any atom is -0.453 e. The van der Waals surface area contributed by atoms with E-state index < -0.39 is 12.4 Å². The fraction of sp³-hybridized carbons (Fsp3) is 0.607. The number of para-hydroxylation sites is 1. The summed E-state index contributed by atoms with van der Waals surface area (Å²) < 4.78 is 17.2. The lowest BCUT2D eigenvalue weighted by atomic mass is 9.96. The van der Waals surface area contributed by atoms with Gasteiger partial charge in [-0.3, -0.25) is 14.5 Å². The topological polar surface area (TPSA) is 102 Å². The van der Waals surface area contributed by atoms with E-state index in [9.17, 15) is 14.4 Å². The molecule has 0 aliphatic carbocycles. The first-order valence-electron chi connectivity index (χ1n) is 13.4. The third-order valence-electron chi connectivity index (χ3n) is 7.88. The predicted molar refractivity (Wildman–Crippen MR) is 144 cm³/mol. The van der Waals surface area contributed by atoms with Crippen molar-refractivity contribution in [3.63, 3.8) is 0 Å². The quantitative estimate of drug-likeness (QED) is 0.473. The number of carbonyl (C=O) groups excluding carboxylic acids is 2. The molecule has 1 N–H and O–H groups in total. The van der Waals surface area contributed by atoms with Crippen molar-refractivity contribution in [2.45, 2.75) is 70.0 Å². The highest BCUT2D eigenvalue weighted by atomic mass is 16.7. The molecule has 2 unspecified atom stereocenters. The van der Waals surface area contributed by atoms with Crippen molar-refractivity contribution in [1.29, 1.82) is 0 Å². The van der Waals surface area contributed by atoms with E-state index in [1.807, 2.05) is 38.1 Å². The summed E-state index contributed by atoms with van der Waals surface area (Å²) in [4.78, 5) is 43.0. The molecule has 1 aromatic heterocycles. The lowest BCUT2D eigenvalue weighted by Crippen LogP contribution is -2.53. The van der Waals surface area contributed by atoms with Crippen molar-refractivity contribution in [2.24, 2.45) is 0 Å². The van der Waals surface area contributed by atoms with Gasteiger partial charge in [0.25, 0.3) is 11.5 Å². The molecule has 2 amide bonds. The van der Waals surface area contributed by atoms with E-state index in [-0.39, 0.29) is 35.7 Å². The molecule has 0 spiro atoms. The van der Waals surface area contributed by atoms with Gasteiger partial charge in [0.05, 0.1) is 19.2 Å². The molecule has 0 saturated carbocycles. The van der Waals surface area contributed by atoms with Crippen LogP contribution < -0.4 is 10.9 Å². The average molecular weight is 529 g/mol. The fourth-order valence-corrected chi connectivity index (χ4v) is 6.03. The molecule has 2 fully saturated rings. The second-order valence-electron chi connectivity index (χ2n) is 10.5. The van der Waals surface area contributed by atoms with Gasteiger partial charge in [0.15, 0.2) is 6.29 Å². The summed E-state index contributed by atoms with van der Waals surface area (Å²) in [7, 11) is 4.45. The highest BCUT2D eigenvalue weighted by Gasteiger charge is 2.41. The van der Waals surface area contributed by atoms with E-state index in [2.05, 4.69) is 10.2 Å². The molecule has 2 aliphatic heterocycles. The Bertz CT molecular complexity index is 1180. The van der Waals surface area contributed by atoms with Crippen molar-refractivity contribution in [3.8, 4) is 0 Å². The van der Waals surface area contributed by atoms with E-state index >= 15 is 0 Å². The molecule has 2 bridgehead atoms. The van der Waals surface area contributed by atoms with Crippen LogP contribution in [0.1, 0.15) is 55.9 Å². The average Bonchev–Trinajstić information content (AvgIpc) is 3.15. The number of hydrogen-bond acceptors (Lipinski definition) is 7. The SMILES string of the molecule is COC(=O)N(CCN1C2CCC1CC(NC(=O)c1cc3ccccc3n(C(C)C)c1=O)C2)CC(OC)OC. The molecule has 3 heterocycles. The van der Waals surface area contributed by atoms with Gasteiger partial charge in [-0.2, -0.15) is 0 Å². The Morgan fingerprint density at radius 1 is 1.08 bits per heavy atom. The Morgan fingerprint density at radius 2 is 1.74 bits per heavy atom. The first-order valence-corrected chi connectivity index (χ1v) is 13.4. The third kappa shape index (κ3) is 5.87. The van der Waals surface area contributed by atoms with Crippen LogP contribution in [0, 0.1) is 0 Å². The summed E-state index contributed by atoms with van der Waals surface area (Å²) in [5, 5.41) is 4.04. The number of amides is 2. The Balaban J connectivity index is 1.42. The molecule has 38 heavy (non-hydrogen) atoms. The summed E-state index contributed by atoms with van der Waals surface area (Å²) in [6.07, 6.45) is 2.77. The number of piperidine rings is 1. The number of pyridine rings is 1. The molecule has 0 radical (unpaired) electrons. The maximum atomic E-state index is 13.3. The lowest BCUT2D eigenvalue weighted by Gasteiger charge is -2.40. The molecule has 10 nitrogen and oxygen atoms in total. The molecular weight excluding hydrogens is 488 g/mol. The van der Waals surface area contributed by atoms with Crippen LogP contribution in [0.3, 0.4) is 0 Å². The standard InChI is InChI=1S/C28H40N4O6/c1-18(2)32-24-9-7-6-8-19(24)14-23(27(32)34)26(33)29-20-15-21-10-11-22(16-20)31(21)13-12-30(28(35)38-5)17-25(36-3)37-4/h6-9,14,18,20-22,25H,10-13,15-17H2,1-5H3,(H,29,33). The maximum absolute atomic E-state index is 13.3. The summed E-state index contributed by atoms with van der Waals surface area (Å²) in [6.45, 7) is 5.38. The van der Waals surface area contributed by atoms with E-state index in [1.165, 1.54) is 7.11 Å². The van der Waals surface area contributed by atoms with E-state index in [1.54, 1.807) is 29.8 Å². The van der Waals surface area contributed by atoms with E-state index in [0.29, 0.717) is 25.2 Å². The Labute approximate surface area is 223 Å². The number of nitrogens with zero attached hydrogens (tertiary/aromatic N) is 3. The fourth-order valence-electron chi connectivity index (χ4n) is 6.03. The number of aromatic nitrogens is 1. The van der Waals surface area contributed by atoms with E-state index in [4.69, 9.17) is 14.2 Å². The van der Waals surface area contributed by atoms with Gasteiger partial charge < -0.3 is 29.0 Å². The number of fused-ring (bicyclic) bond motifs is 3. The molecule has 4 rings (SSSR count). The molecule has 1 aromatic carbocycles. The predicted octanol–water partition coefficient (Wildman–Crippen LogP) is 2.99. The van der Waals surface area contributed by atoms with Crippen molar-refractivity contribution in [3.05, 3.63) is 46.2 Å². The minimum atomic E-state index is -0.526. The number of carbonyl (C=O) groups is 2. The van der Waals surface area contributed by atoms with Crippen LogP contribution in [0.15, 0.2) is 35.1 Å². The highest BCUT2D eigenvalue weighted by molar-refractivity contribution is 5.97. The largest absolute Gasteiger partial charge is 0.453 e. The molecule has 2 atom stereocenters. The molecule has 10 heteroatoms. The first-order chi connectivity index (χ1) is 18.3. The van der Waals surface area contributed by atoms with Gasteiger partial charge in [0, 0.05) is 51.5 Å². The minimum absolute atomic E-state index is 0.00214. The number of methoxy groups -OCH3 is 3. The van der Waals surface area contributed by atoms with Crippen LogP contribution in [0.5, 0.6) is 0 Å². The highest BCUT2D eigenvalue weighted by Crippen LogP contribution is 2.35. The monoisotopic (exact) mass is 528 g/mol. The van der Waals surface area contributed by atoms with Gasteiger partial charge in [-0.15, -0.1) is 0 Å². The third-order valence-corrected chi connectivity index (χ3v) is 7.88. The van der Waals surface area contributed by atoms with Crippen molar-refractivity contribution in [1.82, 2.24) is 19.7 Å². The van der Waals surface area contributed by atoms with Gasteiger partial charge in [0.2, 0.25) is 0 Å². The molecule has 208 valence electrons. The van der Waals surface area contributed by atoms with Crippen LogP contribution in [0.2, 0.25) is 0 Å². The van der Waals surface area contributed by atoms with Crippen LogP contribution in [-0.2, 0) is 14.2 Å². The van der Waals surface area contributed by atoms with Crippen LogP contribution >= 0.6 is 0 Å². The Kier molecular flexibility index (Phi) is 9.07. The van der Waals surface area contributed by atoms with Crippen LogP contribution in [-0.4, -0.2) is 91.7 Å². The zero-order chi connectivity index (χ0) is 27.4. The molecule has 2 aromatic rings. The maximum Gasteiger partial charge on any atom is 0.409 e. The number of ether oxygens (including phenoxy) is 3. The Morgan fingerprint density at radius 3 is 2.34 bits per heavy atom. The van der Waals surface area contributed by atoms with E-state index in [0.717, 1.165) is 36.6 Å². The van der Waals surface area contributed by atoms with Gasteiger partial charge in [0.1, 0.15) is 5.56 Å². The van der Waals surface area contributed by atoms with Gasteiger partial charge in [-0.05, 0) is 57.0 Å².